The Bertz CT molecular complexity index is 669. The molecule has 0 heterocycles. The molecule has 0 unspecified atom stereocenters. The average Bonchev–Trinajstić information content (AvgIpc) is 2.61. The Hall–Kier alpha value is -2.32. The van der Waals surface area contributed by atoms with Crippen LogP contribution in [-0.2, 0) is 14.4 Å². The van der Waals surface area contributed by atoms with E-state index in [1.807, 2.05) is 13.8 Å². The van der Waals surface area contributed by atoms with Gasteiger partial charge in [-0.2, -0.15) is 0 Å². The molecule has 0 bridgehead atoms. The maximum absolute atomic E-state index is 12.3. The standard InChI is InChI=1S/C18H27ClN4O4/c1-5-20-16(24)11-23(6-2)12-18(26)22(3)10-17(25)21-14-9-13(19)7-8-15(14)27-4/h7-9H,5-6,10-12H2,1-4H3,(H,20,24)(H,21,25). The smallest absolute Gasteiger partial charge is 0.244 e. The van der Waals surface area contributed by atoms with Crippen LogP contribution in [0, 0.1) is 0 Å². The van der Waals surface area contributed by atoms with Gasteiger partial charge in [0.2, 0.25) is 17.7 Å². The predicted molar refractivity (Wildman–Crippen MR) is 105 cm³/mol. The summed E-state index contributed by atoms with van der Waals surface area (Å²) in [6.07, 6.45) is 0. The summed E-state index contributed by atoms with van der Waals surface area (Å²) >= 11 is 5.94. The molecule has 2 N–H and O–H groups in total. The molecule has 8 nitrogen and oxygen atoms in total. The van der Waals surface area contributed by atoms with Crippen molar-refractivity contribution in [3.05, 3.63) is 23.2 Å². The highest BCUT2D eigenvalue weighted by Crippen LogP contribution is 2.27. The highest BCUT2D eigenvalue weighted by atomic mass is 35.5. The summed E-state index contributed by atoms with van der Waals surface area (Å²) in [5.41, 5.74) is 0.433. The van der Waals surface area contributed by atoms with Crippen molar-refractivity contribution in [3.8, 4) is 5.75 Å². The van der Waals surface area contributed by atoms with Crippen LogP contribution in [0.1, 0.15) is 13.8 Å². The van der Waals surface area contributed by atoms with Gasteiger partial charge in [-0.15, -0.1) is 0 Å². The van der Waals surface area contributed by atoms with Crippen molar-refractivity contribution in [2.24, 2.45) is 0 Å². The zero-order valence-electron chi connectivity index (χ0n) is 16.2. The van der Waals surface area contributed by atoms with Gasteiger partial charge in [-0.3, -0.25) is 19.3 Å². The van der Waals surface area contributed by atoms with Gasteiger partial charge < -0.3 is 20.3 Å². The number of likely N-dealkylation sites (N-methyl/N-ethyl adjacent to an activating group) is 3. The van der Waals surface area contributed by atoms with E-state index in [4.69, 9.17) is 16.3 Å². The second-order valence-electron chi connectivity index (χ2n) is 5.90. The molecule has 27 heavy (non-hydrogen) atoms. The molecular weight excluding hydrogens is 372 g/mol. The molecule has 0 fully saturated rings. The maximum Gasteiger partial charge on any atom is 0.244 e. The highest BCUT2D eigenvalue weighted by molar-refractivity contribution is 6.31. The predicted octanol–water partition coefficient (Wildman–Crippen LogP) is 1.20. The topological polar surface area (TPSA) is 91.0 Å². The number of amides is 3. The van der Waals surface area contributed by atoms with Crippen LogP contribution in [0.2, 0.25) is 5.02 Å². The summed E-state index contributed by atoms with van der Waals surface area (Å²) in [6, 6.07) is 4.87. The minimum absolute atomic E-state index is 0.0535. The first kappa shape index (κ1) is 22.7. The van der Waals surface area contributed by atoms with Crippen LogP contribution < -0.4 is 15.4 Å². The molecule has 0 spiro atoms. The lowest BCUT2D eigenvalue weighted by Crippen LogP contribution is -2.44. The van der Waals surface area contributed by atoms with E-state index >= 15 is 0 Å². The van der Waals surface area contributed by atoms with Gasteiger partial charge in [-0.25, -0.2) is 0 Å². The summed E-state index contributed by atoms with van der Waals surface area (Å²) in [5.74, 6) is -0.297. The molecule has 9 heteroatoms. The number of benzene rings is 1. The average molecular weight is 399 g/mol. The van der Waals surface area contributed by atoms with Crippen molar-refractivity contribution in [2.75, 3.05) is 52.2 Å². The number of ether oxygens (including phenoxy) is 1. The number of nitrogens with zero attached hydrogens (tertiary/aromatic N) is 2. The number of carbonyl (C=O) groups is 3. The van der Waals surface area contributed by atoms with E-state index in [0.717, 1.165) is 0 Å². The number of halogens is 1. The molecular formula is C18H27ClN4O4. The highest BCUT2D eigenvalue weighted by Gasteiger charge is 2.18. The van der Waals surface area contributed by atoms with E-state index in [1.54, 1.807) is 23.1 Å². The van der Waals surface area contributed by atoms with Crippen molar-refractivity contribution in [3.63, 3.8) is 0 Å². The number of anilines is 1. The fourth-order valence-electron chi connectivity index (χ4n) is 2.32. The molecule has 0 radical (unpaired) electrons. The van der Waals surface area contributed by atoms with Crippen molar-refractivity contribution in [1.82, 2.24) is 15.1 Å². The van der Waals surface area contributed by atoms with Crippen molar-refractivity contribution in [1.29, 1.82) is 0 Å². The molecule has 150 valence electrons. The summed E-state index contributed by atoms with van der Waals surface area (Å²) in [7, 11) is 3.03. The molecule has 3 amide bonds. The van der Waals surface area contributed by atoms with Gasteiger partial charge >= 0.3 is 0 Å². The second kappa shape index (κ2) is 11.4. The molecule has 1 aromatic rings. The third-order valence-corrected chi connectivity index (χ3v) is 4.02. The van der Waals surface area contributed by atoms with E-state index in [0.29, 0.717) is 29.5 Å². The van der Waals surface area contributed by atoms with Crippen LogP contribution in [0.25, 0.3) is 0 Å². The van der Waals surface area contributed by atoms with E-state index in [9.17, 15) is 14.4 Å². The minimum Gasteiger partial charge on any atom is -0.495 e. The Morgan fingerprint density at radius 3 is 2.41 bits per heavy atom. The number of rotatable bonds is 10. The van der Waals surface area contributed by atoms with Gasteiger partial charge in [0.1, 0.15) is 5.75 Å². The fraction of sp³-hybridized carbons (Fsp3) is 0.500. The van der Waals surface area contributed by atoms with Gasteiger partial charge in [0, 0.05) is 18.6 Å². The van der Waals surface area contributed by atoms with Gasteiger partial charge in [0.05, 0.1) is 32.4 Å². The number of nitrogens with one attached hydrogen (secondary N) is 2. The Morgan fingerprint density at radius 2 is 1.81 bits per heavy atom. The third-order valence-electron chi connectivity index (χ3n) is 3.79. The number of hydrogen-bond donors (Lipinski definition) is 2. The van der Waals surface area contributed by atoms with Crippen LogP contribution in [-0.4, -0.2) is 74.4 Å². The maximum atomic E-state index is 12.3. The minimum atomic E-state index is -0.377. The van der Waals surface area contributed by atoms with Crippen LogP contribution in [0.5, 0.6) is 5.75 Å². The van der Waals surface area contributed by atoms with Crippen molar-refractivity contribution < 1.29 is 19.1 Å². The summed E-state index contributed by atoms with van der Waals surface area (Å²) in [4.78, 5) is 39.3. The number of carbonyl (C=O) groups excluding carboxylic acids is 3. The van der Waals surface area contributed by atoms with E-state index in [1.165, 1.54) is 19.1 Å². The van der Waals surface area contributed by atoms with Crippen molar-refractivity contribution >= 4 is 35.0 Å². The molecule has 0 saturated heterocycles. The van der Waals surface area contributed by atoms with E-state index in [-0.39, 0.29) is 37.4 Å². The largest absolute Gasteiger partial charge is 0.495 e. The summed E-state index contributed by atoms with van der Waals surface area (Å²) < 4.78 is 5.18. The Kier molecular flexibility index (Phi) is 9.60. The lowest BCUT2D eigenvalue weighted by atomic mass is 10.3. The lowest BCUT2D eigenvalue weighted by molar-refractivity contribution is -0.135. The monoisotopic (exact) mass is 398 g/mol. The van der Waals surface area contributed by atoms with Gasteiger partial charge in [0.15, 0.2) is 0 Å². The molecule has 0 aromatic heterocycles. The fourth-order valence-corrected chi connectivity index (χ4v) is 2.49. The first-order chi connectivity index (χ1) is 12.8. The molecule has 0 aliphatic rings. The summed E-state index contributed by atoms with van der Waals surface area (Å²) in [6.45, 7) is 4.84. The number of hydrogen-bond acceptors (Lipinski definition) is 5. The van der Waals surface area contributed by atoms with Crippen LogP contribution in [0.15, 0.2) is 18.2 Å². The first-order valence-electron chi connectivity index (χ1n) is 8.67. The van der Waals surface area contributed by atoms with Crippen molar-refractivity contribution in [2.45, 2.75) is 13.8 Å². The zero-order chi connectivity index (χ0) is 20.4. The molecule has 0 saturated carbocycles. The molecule has 0 aliphatic carbocycles. The zero-order valence-corrected chi connectivity index (χ0v) is 16.9. The Balaban J connectivity index is 2.60. The molecule has 0 aliphatic heterocycles. The molecule has 1 aromatic carbocycles. The van der Waals surface area contributed by atoms with Gasteiger partial charge in [-0.1, -0.05) is 18.5 Å². The van der Waals surface area contributed by atoms with Gasteiger partial charge in [-0.05, 0) is 31.7 Å². The van der Waals surface area contributed by atoms with Crippen LogP contribution in [0.3, 0.4) is 0 Å². The first-order valence-corrected chi connectivity index (χ1v) is 9.04. The van der Waals surface area contributed by atoms with E-state index < -0.39 is 0 Å². The van der Waals surface area contributed by atoms with Crippen LogP contribution in [0.4, 0.5) is 5.69 Å². The second-order valence-corrected chi connectivity index (χ2v) is 6.34. The molecule has 0 atom stereocenters. The number of methoxy groups -OCH3 is 1. The normalized spacial score (nSPS) is 10.4. The SMILES string of the molecule is CCNC(=O)CN(CC)CC(=O)N(C)CC(=O)Nc1cc(Cl)ccc1OC. The Morgan fingerprint density at radius 1 is 1.11 bits per heavy atom. The molecule has 1 rings (SSSR count). The Labute approximate surface area is 164 Å². The third kappa shape index (κ3) is 7.84. The quantitative estimate of drug-likeness (QED) is 0.618. The lowest BCUT2D eigenvalue weighted by Gasteiger charge is -2.23. The van der Waals surface area contributed by atoms with Crippen LogP contribution >= 0.6 is 11.6 Å². The summed E-state index contributed by atoms with van der Waals surface area (Å²) in [5, 5.41) is 5.84. The van der Waals surface area contributed by atoms with Gasteiger partial charge in [0.25, 0.3) is 0 Å². The van der Waals surface area contributed by atoms with E-state index in [2.05, 4.69) is 10.6 Å².